The Hall–Kier alpha value is -2.05. The third-order valence-corrected chi connectivity index (χ3v) is 2.07. The van der Waals surface area contributed by atoms with Crippen LogP contribution < -0.4 is 10.5 Å². The molecule has 0 saturated heterocycles. The number of hydrogen-bond donors (Lipinski definition) is 1. The van der Waals surface area contributed by atoms with Crippen molar-refractivity contribution in [2.45, 2.75) is 6.18 Å². The van der Waals surface area contributed by atoms with Crippen molar-refractivity contribution in [3.8, 4) is 5.75 Å². The second-order valence-electron chi connectivity index (χ2n) is 3.12. The molecular weight excluding hydrogens is 239 g/mol. The zero-order chi connectivity index (χ0) is 13.2. The van der Waals surface area contributed by atoms with Crippen LogP contribution in [0.1, 0.15) is 26.3 Å². The van der Waals surface area contributed by atoms with Crippen molar-refractivity contribution in [3.05, 3.63) is 28.8 Å². The van der Waals surface area contributed by atoms with Gasteiger partial charge >= 0.3 is 6.18 Å². The van der Waals surface area contributed by atoms with Gasteiger partial charge < -0.3 is 10.5 Å². The van der Waals surface area contributed by atoms with Gasteiger partial charge in [-0.05, 0) is 12.1 Å². The van der Waals surface area contributed by atoms with Crippen LogP contribution in [0.2, 0.25) is 0 Å². The average molecular weight is 247 g/mol. The van der Waals surface area contributed by atoms with Gasteiger partial charge in [-0.2, -0.15) is 13.2 Å². The molecule has 2 N–H and O–H groups in total. The first-order chi connectivity index (χ1) is 7.81. The second-order valence-corrected chi connectivity index (χ2v) is 3.12. The predicted octanol–water partition coefficient (Wildman–Crippen LogP) is 1.63. The maximum absolute atomic E-state index is 12.6. The van der Waals surface area contributed by atoms with E-state index in [1.165, 1.54) is 0 Å². The summed E-state index contributed by atoms with van der Waals surface area (Å²) < 4.78 is 42.2. The van der Waals surface area contributed by atoms with Crippen molar-refractivity contribution in [2.24, 2.45) is 5.73 Å². The molecule has 0 aliphatic heterocycles. The van der Waals surface area contributed by atoms with E-state index in [4.69, 9.17) is 5.73 Å². The number of amides is 1. The number of rotatable bonds is 3. The van der Waals surface area contributed by atoms with E-state index in [1.54, 1.807) is 0 Å². The van der Waals surface area contributed by atoms with Crippen LogP contribution in [0.15, 0.2) is 12.1 Å². The molecule has 7 heteroatoms. The van der Waals surface area contributed by atoms with Crippen LogP contribution in [0, 0.1) is 0 Å². The van der Waals surface area contributed by atoms with Crippen molar-refractivity contribution in [1.82, 2.24) is 0 Å². The van der Waals surface area contributed by atoms with Gasteiger partial charge in [-0.3, -0.25) is 9.59 Å². The van der Waals surface area contributed by atoms with Crippen LogP contribution in [-0.2, 0) is 6.18 Å². The van der Waals surface area contributed by atoms with Crippen molar-refractivity contribution in [2.75, 3.05) is 7.11 Å². The van der Waals surface area contributed by atoms with E-state index in [-0.39, 0.29) is 11.8 Å². The zero-order valence-electron chi connectivity index (χ0n) is 8.67. The Morgan fingerprint density at radius 3 is 2.35 bits per heavy atom. The number of nitrogens with two attached hydrogens (primary N) is 1. The molecule has 0 radical (unpaired) electrons. The van der Waals surface area contributed by atoms with Crippen molar-refractivity contribution in [1.29, 1.82) is 0 Å². The first-order valence-corrected chi connectivity index (χ1v) is 4.35. The first kappa shape index (κ1) is 13.0. The van der Waals surface area contributed by atoms with Gasteiger partial charge in [0.05, 0.1) is 18.2 Å². The minimum Gasteiger partial charge on any atom is -0.496 e. The maximum Gasteiger partial charge on any atom is 0.419 e. The fourth-order valence-corrected chi connectivity index (χ4v) is 1.30. The molecule has 0 spiro atoms. The average Bonchev–Trinajstić information content (AvgIpc) is 2.25. The number of methoxy groups -OCH3 is 1. The molecule has 0 atom stereocenters. The van der Waals surface area contributed by atoms with Gasteiger partial charge in [0.25, 0.3) is 0 Å². The highest BCUT2D eigenvalue weighted by Crippen LogP contribution is 2.37. The standard InChI is InChI=1S/C10H8F3NO3/c1-17-8-3-6(9(14)16)5(4-15)2-7(8)10(11,12)13/h2-4H,1H3,(H2,14,16). The SMILES string of the molecule is COc1cc(C(N)=O)c(C=O)cc1C(F)(F)F. The number of benzene rings is 1. The highest BCUT2D eigenvalue weighted by Gasteiger charge is 2.35. The summed E-state index contributed by atoms with van der Waals surface area (Å²) in [5.74, 6) is -1.56. The van der Waals surface area contributed by atoms with Gasteiger partial charge in [0.1, 0.15) is 5.75 Å². The second kappa shape index (κ2) is 4.44. The minimum atomic E-state index is -4.68. The molecule has 4 nitrogen and oxygen atoms in total. The number of aldehydes is 1. The van der Waals surface area contributed by atoms with E-state index < -0.39 is 29.0 Å². The molecule has 1 amide bonds. The molecule has 17 heavy (non-hydrogen) atoms. The summed E-state index contributed by atoms with van der Waals surface area (Å²) in [6.45, 7) is 0. The fourth-order valence-electron chi connectivity index (χ4n) is 1.30. The summed E-state index contributed by atoms with van der Waals surface area (Å²) in [6.07, 6.45) is -4.55. The van der Waals surface area contributed by atoms with Crippen molar-refractivity contribution >= 4 is 12.2 Å². The van der Waals surface area contributed by atoms with E-state index in [0.29, 0.717) is 6.07 Å². The van der Waals surface area contributed by atoms with Crippen LogP contribution in [-0.4, -0.2) is 19.3 Å². The molecule has 1 rings (SSSR count). The van der Waals surface area contributed by atoms with E-state index in [1.807, 2.05) is 0 Å². The summed E-state index contributed by atoms with van der Waals surface area (Å²) in [6, 6.07) is 1.33. The summed E-state index contributed by atoms with van der Waals surface area (Å²) in [5, 5.41) is 0. The van der Waals surface area contributed by atoms with Gasteiger partial charge in [-0.15, -0.1) is 0 Å². The lowest BCUT2D eigenvalue weighted by atomic mass is 10.0. The number of hydrogen-bond acceptors (Lipinski definition) is 3. The largest absolute Gasteiger partial charge is 0.496 e. The first-order valence-electron chi connectivity index (χ1n) is 4.35. The fraction of sp³-hybridized carbons (Fsp3) is 0.200. The Labute approximate surface area is 94.2 Å². The summed E-state index contributed by atoms with van der Waals surface area (Å²) in [7, 11) is 1.02. The molecule has 1 aromatic rings. The number of alkyl halides is 3. The molecule has 0 fully saturated rings. The molecule has 0 aromatic heterocycles. The third kappa shape index (κ3) is 2.55. The minimum absolute atomic E-state index is 0.134. The molecule has 0 heterocycles. The predicted molar refractivity (Wildman–Crippen MR) is 51.9 cm³/mol. The van der Waals surface area contributed by atoms with E-state index >= 15 is 0 Å². The van der Waals surface area contributed by atoms with Crippen LogP contribution in [0.25, 0.3) is 0 Å². The maximum atomic E-state index is 12.6. The Morgan fingerprint density at radius 1 is 1.41 bits per heavy atom. The summed E-state index contributed by atoms with van der Waals surface area (Å²) in [5.41, 5.74) is 3.07. The van der Waals surface area contributed by atoms with Gasteiger partial charge in [-0.25, -0.2) is 0 Å². The van der Waals surface area contributed by atoms with Crippen molar-refractivity contribution < 1.29 is 27.5 Å². The topological polar surface area (TPSA) is 69.4 Å². The molecule has 0 bridgehead atoms. The van der Waals surface area contributed by atoms with Crippen LogP contribution >= 0.6 is 0 Å². The van der Waals surface area contributed by atoms with Crippen molar-refractivity contribution in [3.63, 3.8) is 0 Å². The molecule has 0 aliphatic rings. The summed E-state index contributed by atoms with van der Waals surface area (Å²) >= 11 is 0. The molecule has 0 unspecified atom stereocenters. The smallest absolute Gasteiger partial charge is 0.419 e. The van der Waals surface area contributed by atoms with Gasteiger partial charge in [-0.1, -0.05) is 0 Å². The lowest BCUT2D eigenvalue weighted by Gasteiger charge is -2.13. The van der Waals surface area contributed by atoms with E-state index in [0.717, 1.165) is 13.2 Å². The van der Waals surface area contributed by atoms with Crippen LogP contribution in [0.3, 0.4) is 0 Å². The molecule has 92 valence electrons. The molecule has 1 aromatic carbocycles. The zero-order valence-corrected chi connectivity index (χ0v) is 8.67. The lowest BCUT2D eigenvalue weighted by Crippen LogP contribution is -2.16. The quantitative estimate of drug-likeness (QED) is 0.825. The number of primary amides is 1. The Bertz CT molecular complexity index is 469. The van der Waals surface area contributed by atoms with Crippen LogP contribution in [0.5, 0.6) is 5.75 Å². The van der Waals surface area contributed by atoms with E-state index in [9.17, 15) is 22.8 Å². The Morgan fingerprint density at radius 2 is 2.00 bits per heavy atom. The van der Waals surface area contributed by atoms with Gasteiger partial charge in [0.2, 0.25) is 5.91 Å². The lowest BCUT2D eigenvalue weighted by molar-refractivity contribution is -0.138. The monoisotopic (exact) mass is 247 g/mol. The summed E-state index contributed by atoms with van der Waals surface area (Å²) in [4.78, 5) is 21.5. The normalized spacial score (nSPS) is 11.1. The highest BCUT2D eigenvalue weighted by molar-refractivity contribution is 6.01. The number of ether oxygens (including phenoxy) is 1. The highest BCUT2D eigenvalue weighted by atomic mass is 19.4. The number of carbonyl (C=O) groups is 2. The molecule has 0 saturated carbocycles. The van der Waals surface area contributed by atoms with Gasteiger partial charge in [0, 0.05) is 5.56 Å². The van der Waals surface area contributed by atoms with Gasteiger partial charge in [0.15, 0.2) is 6.29 Å². The Kier molecular flexibility index (Phi) is 3.40. The third-order valence-electron chi connectivity index (χ3n) is 2.07. The number of halogens is 3. The van der Waals surface area contributed by atoms with Crippen LogP contribution in [0.4, 0.5) is 13.2 Å². The van der Waals surface area contributed by atoms with E-state index in [2.05, 4.69) is 4.74 Å². The number of carbonyl (C=O) groups excluding carboxylic acids is 2. The molecule has 0 aliphatic carbocycles. The molecular formula is C10H8F3NO3. The Balaban J connectivity index is 3.54.